The van der Waals surface area contributed by atoms with Gasteiger partial charge in [-0.25, -0.2) is 14.6 Å². The SMILES string of the molecule is CCNc1cnc(N(CC)CC)nc1N[C@@H](Cc1ccc(CCOC(=O)N2CCCC2)cc1)C(=O)OC(C)(C)C. The van der Waals surface area contributed by atoms with Gasteiger partial charge in [-0.05, 0) is 65.5 Å². The van der Waals surface area contributed by atoms with E-state index in [1.807, 2.05) is 52.0 Å². The lowest BCUT2D eigenvalue weighted by atomic mass is 10.0. The number of benzene rings is 1. The third kappa shape index (κ3) is 9.27. The monoisotopic (exact) mass is 554 g/mol. The van der Waals surface area contributed by atoms with Crippen molar-refractivity contribution in [1.82, 2.24) is 14.9 Å². The van der Waals surface area contributed by atoms with Crippen LogP contribution in [0.1, 0.15) is 65.5 Å². The highest BCUT2D eigenvalue weighted by atomic mass is 16.6. The van der Waals surface area contributed by atoms with Gasteiger partial charge in [-0.1, -0.05) is 24.3 Å². The van der Waals surface area contributed by atoms with Gasteiger partial charge in [-0.3, -0.25) is 0 Å². The summed E-state index contributed by atoms with van der Waals surface area (Å²) in [6, 6.07) is 7.37. The van der Waals surface area contributed by atoms with Crippen LogP contribution in [0, 0.1) is 0 Å². The molecule has 1 aliphatic rings. The largest absolute Gasteiger partial charge is 0.458 e. The third-order valence-electron chi connectivity index (χ3n) is 6.64. The van der Waals surface area contributed by atoms with E-state index in [9.17, 15) is 9.59 Å². The molecule has 1 aromatic heterocycles. The number of carbonyl (C=O) groups excluding carboxylic acids is 2. The fourth-order valence-corrected chi connectivity index (χ4v) is 4.52. The van der Waals surface area contributed by atoms with Gasteiger partial charge in [-0.2, -0.15) is 4.98 Å². The normalized spacial score (nSPS) is 14.0. The molecule has 1 atom stereocenters. The number of hydrogen-bond acceptors (Lipinski definition) is 9. The fraction of sp³-hybridized carbons (Fsp3) is 0.600. The minimum Gasteiger partial charge on any atom is -0.458 e. The number of carbonyl (C=O) groups is 2. The Labute approximate surface area is 238 Å². The highest BCUT2D eigenvalue weighted by Gasteiger charge is 2.27. The summed E-state index contributed by atoms with van der Waals surface area (Å²) in [5.74, 6) is 0.814. The molecular weight excluding hydrogens is 508 g/mol. The summed E-state index contributed by atoms with van der Waals surface area (Å²) in [4.78, 5) is 38.6. The maximum Gasteiger partial charge on any atom is 0.409 e. The minimum atomic E-state index is -0.664. The van der Waals surface area contributed by atoms with Gasteiger partial charge in [0.05, 0.1) is 18.5 Å². The number of ether oxygens (including phenoxy) is 2. The van der Waals surface area contributed by atoms with Crippen LogP contribution < -0.4 is 15.5 Å². The van der Waals surface area contributed by atoms with Gasteiger partial charge in [0.1, 0.15) is 11.6 Å². The van der Waals surface area contributed by atoms with E-state index in [0.717, 1.165) is 55.8 Å². The molecule has 220 valence electrons. The second-order valence-electron chi connectivity index (χ2n) is 10.9. The van der Waals surface area contributed by atoms with E-state index in [4.69, 9.17) is 14.5 Å². The van der Waals surface area contributed by atoms with Gasteiger partial charge in [-0.15, -0.1) is 0 Å². The number of anilines is 3. The first kappa shape index (κ1) is 31.0. The second-order valence-corrected chi connectivity index (χ2v) is 10.9. The van der Waals surface area contributed by atoms with Gasteiger partial charge in [0, 0.05) is 45.6 Å². The van der Waals surface area contributed by atoms with Gasteiger partial charge in [0.2, 0.25) is 5.95 Å². The van der Waals surface area contributed by atoms with Crippen molar-refractivity contribution in [3.8, 4) is 0 Å². The van der Waals surface area contributed by atoms with Crippen LogP contribution in [0.5, 0.6) is 0 Å². The zero-order chi connectivity index (χ0) is 29.1. The minimum absolute atomic E-state index is 0.230. The number of likely N-dealkylation sites (tertiary alicyclic amines) is 1. The summed E-state index contributed by atoms with van der Waals surface area (Å²) in [5.41, 5.74) is 2.14. The third-order valence-corrected chi connectivity index (χ3v) is 6.64. The smallest absolute Gasteiger partial charge is 0.409 e. The summed E-state index contributed by atoms with van der Waals surface area (Å²) in [6.07, 6.45) is 4.65. The van der Waals surface area contributed by atoms with Crippen LogP contribution in [0.4, 0.5) is 22.2 Å². The molecule has 0 saturated carbocycles. The molecule has 2 N–H and O–H groups in total. The molecule has 2 aromatic rings. The fourth-order valence-electron chi connectivity index (χ4n) is 4.52. The summed E-state index contributed by atoms with van der Waals surface area (Å²) >= 11 is 0. The van der Waals surface area contributed by atoms with Gasteiger partial charge >= 0.3 is 12.1 Å². The predicted molar refractivity (Wildman–Crippen MR) is 159 cm³/mol. The maximum atomic E-state index is 13.3. The van der Waals surface area contributed by atoms with Crippen LogP contribution in [0.15, 0.2) is 30.5 Å². The summed E-state index contributed by atoms with van der Waals surface area (Å²) in [5, 5.41) is 6.65. The topological polar surface area (TPSA) is 109 Å². The van der Waals surface area contributed by atoms with Crippen molar-refractivity contribution in [2.45, 2.75) is 78.9 Å². The standard InChI is InChI=1S/C30H46N6O4/c1-7-31-25-21-32-28(35(8-2)9-3)34-26(25)33-24(27(37)40-30(4,5)6)20-23-14-12-22(13-15-23)16-19-39-29(38)36-17-10-11-18-36/h12-15,21,24,31H,7-11,16-20H2,1-6H3,(H,32,33,34)/t24-/m0/s1. The number of aromatic nitrogens is 2. The molecule has 1 aromatic carbocycles. The van der Waals surface area contributed by atoms with E-state index in [1.165, 1.54) is 0 Å². The molecular formula is C30H46N6O4. The van der Waals surface area contributed by atoms with E-state index in [0.29, 0.717) is 37.8 Å². The predicted octanol–water partition coefficient (Wildman–Crippen LogP) is 4.89. The molecule has 0 spiro atoms. The van der Waals surface area contributed by atoms with Crippen molar-refractivity contribution in [2.75, 3.05) is 54.9 Å². The average molecular weight is 555 g/mol. The van der Waals surface area contributed by atoms with Gasteiger partial charge in [0.15, 0.2) is 5.82 Å². The van der Waals surface area contributed by atoms with Gasteiger partial charge < -0.3 is 29.9 Å². The maximum absolute atomic E-state index is 13.3. The molecule has 10 nitrogen and oxygen atoms in total. The quantitative estimate of drug-likeness (QED) is 0.334. The average Bonchev–Trinajstić information content (AvgIpc) is 3.46. The Morgan fingerprint density at radius 2 is 1.70 bits per heavy atom. The number of amides is 1. The van der Waals surface area contributed by atoms with Crippen molar-refractivity contribution >= 4 is 29.5 Å². The Morgan fingerprint density at radius 3 is 2.30 bits per heavy atom. The second kappa shape index (κ2) is 14.7. The van der Waals surface area contributed by atoms with Crippen molar-refractivity contribution in [3.05, 3.63) is 41.6 Å². The zero-order valence-electron chi connectivity index (χ0n) is 25.0. The van der Waals surface area contributed by atoms with Crippen LogP contribution >= 0.6 is 0 Å². The molecule has 0 unspecified atom stereocenters. The number of rotatable bonds is 13. The van der Waals surface area contributed by atoms with Crippen LogP contribution in [0.25, 0.3) is 0 Å². The summed E-state index contributed by atoms with van der Waals surface area (Å²) in [6.45, 7) is 15.8. The molecule has 1 amide bonds. The van der Waals surface area contributed by atoms with Crippen molar-refractivity contribution in [2.24, 2.45) is 0 Å². The lowest BCUT2D eigenvalue weighted by Gasteiger charge is -2.26. The summed E-state index contributed by atoms with van der Waals surface area (Å²) in [7, 11) is 0. The number of nitrogens with zero attached hydrogens (tertiary/aromatic N) is 4. The summed E-state index contributed by atoms with van der Waals surface area (Å²) < 4.78 is 11.2. The lowest BCUT2D eigenvalue weighted by molar-refractivity contribution is -0.155. The first-order valence-electron chi connectivity index (χ1n) is 14.5. The van der Waals surface area contributed by atoms with E-state index < -0.39 is 11.6 Å². The van der Waals surface area contributed by atoms with Crippen molar-refractivity contribution in [1.29, 1.82) is 0 Å². The van der Waals surface area contributed by atoms with E-state index in [1.54, 1.807) is 11.1 Å². The van der Waals surface area contributed by atoms with Crippen LogP contribution in [-0.4, -0.2) is 77.9 Å². The highest BCUT2D eigenvalue weighted by molar-refractivity contribution is 5.81. The molecule has 3 rings (SSSR count). The molecule has 40 heavy (non-hydrogen) atoms. The molecule has 0 radical (unpaired) electrons. The number of esters is 1. The molecule has 0 bridgehead atoms. The zero-order valence-corrected chi connectivity index (χ0v) is 25.0. The Kier molecular flexibility index (Phi) is 11.4. The van der Waals surface area contributed by atoms with Crippen LogP contribution in [0.3, 0.4) is 0 Å². The Balaban J connectivity index is 1.73. The Bertz CT molecular complexity index is 1090. The molecule has 1 saturated heterocycles. The highest BCUT2D eigenvalue weighted by Crippen LogP contribution is 2.24. The molecule has 1 aliphatic heterocycles. The molecule has 10 heteroatoms. The Hall–Kier alpha value is -3.56. The first-order valence-corrected chi connectivity index (χ1v) is 14.5. The van der Waals surface area contributed by atoms with E-state index in [2.05, 4.69) is 34.4 Å². The number of hydrogen-bond donors (Lipinski definition) is 2. The van der Waals surface area contributed by atoms with E-state index in [-0.39, 0.29) is 12.1 Å². The van der Waals surface area contributed by atoms with Crippen molar-refractivity contribution < 1.29 is 19.1 Å². The Morgan fingerprint density at radius 1 is 1.05 bits per heavy atom. The first-order chi connectivity index (χ1) is 19.1. The molecule has 2 heterocycles. The van der Waals surface area contributed by atoms with Crippen LogP contribution in [0.2, 0.25) is 0 Å². The number of nitrogens with one attached hydrogen (secondary N) is 2. The molecule has 1 fully saturated rings. The van der Waals surface area contributed by atoms with Gasteiger partial charge in [0.25, 0.3) is 0 Å². The lowest BCUT2D eigenvalue weighted by Crippen LogP contribution is -2.38. The van der Waals surface area contributed by atoms with E-state index >= 15 is 0 Å². The van der Waals surface area contributed by atoms with Crippen LogP contribution in [-0.2, 0) is 27.1 Å². The van der Waals surface area contributed by atoms with Crippen molar-refractivity contribution in [3.63, 3.8) is 0 Å². The molecule has 0 aliphatic carbocycles.